The van der Waals surface area contributed by atoms with Gasteiger partial charge in [0, 0.05) is 36.3 Å². The summed E-state index contributed by atoms with van der Waals surface area (Å²) in [6.07, 6.45) is 8.26. The first-order chi connectivity index (χ1) is 17.9. The van der Waals surface area contributed by atoms with Gasteiger partial charge in [-0.3, -0.25) is 9.59 Å². The molecule has 0 saturated carbocycles. The first kappa shape index (κ1) is 24.8. The Hall–Kier alpha value is -3.93. The number of carbonyl (C=O) groups excluding carboxylic acids is 1. The van der Waals surface area contributed by atoms with E-state index in [4.69, 9.17) is 4.74 Å². The number of benzene rings is 2. The number of aliphatic carboxylic acids is 1. The number of carboxylic acids is 1. The number of nitrogens with zero attached hydrogens (tertiary/aromatic N) is 2. The molecule has 5 aliphatic heterocycles. The maximum absolute atomic E-state index is 13.3. The molecular weight excluding hydrogens is 464 g/mol. The normalized spacial score (nSPS) is 19.2. The topological polar surface area (TPSA) is 79.7 Å². The third-order valence-electron chi connectivity index (χ3n) is 7.43. The lowest BCUT2D eigenvalue weighted by atomic mass is 9.80. The zero-order valence-corrected chi connectivity index (χ0v) is 21.3. The van der Waals surface area contributed by atoms with Crippen molar-refractivity contribution in [2.24, 2.45) is 5.92 Å². The highest BCUT2D eigenvalue weighted by molar-refractivity contribution is 5.94. The smallest absolute Gasteiger partial charge is 0.307 e. The molecule has 7 bridgehead atoms. The summed E-state index contributed by atoms with van der Waals surface area (Å²) in [6.45, 7) is 5.35. The standard InChI is InChI=1S/C31H32N2O4/c1-20-16-26-18-32-29(20)37-15-5-3-4-6-22-7-9-24(10-8-22)30(34)33-14-13-23-11-12-25(17-27(23)19-33)28(26)21(2)31(35)36/h3-4,7-12,16-18,21,28H,5-6,13-15,19H2,1-2H3,(H,35,36)/b4-3+/t21-,28-/m0/s1. The maximum Gasteiger partial charge on any atom is 0.307 e. The summed E-state index contributed by atoms with van der Waals surface area (Å²) >= 11 is 0. The van der Waals surface area contributed by atoms with Gasteiger partial charge < -0.3 is 14.7 Å². The number of hydrogen-bond donors (Lipinski definition) is 1. The predicted octanol–water partition coefficient (Wildman–Crippen LogP) is 5.32. The van der Waals surface area contributed by atoms with E-state index in [9.17, 15) is 14.7 Å². The van der Waals surface area contributed by atoms with Crippen molar-refractivity contribution in [3.63, 3.8) is 0 Å². The molecule has 5 aliphatic rings. The molecule has 6 nitrogen and oxygen atoms in total. The molecule has 2 atom stereocenters. The minimum absolute atomic E-state index is 0.0204. The van der Waals surface area contributed by atoms with Gasteiger partial charge in [0.1, 0.15) is 0 Å². The molecule has 190 valence electrons. The van der Waals surface area contributed by atoms with E-state index in [0.29, 0.717) is 31.1 Å². The predicted molar refractivity (Wildman–Crippen MR) is 142 cm³/mol. The summed E-state index contributed by atoms with van der Waals surface area (Å²) in [4.78, 5) is 31.9. The van der Waals surface area contributed by atoms with Crippen molar-refractivity contribution in [2.75, 3.05) is 13.2 Å². The van der Waals surface area contributed by atoms with Crippen molar-refractivity contribution in [1.82, 2.24) is 9.88 Å². The van der Waals surface area contributed by atoms with E-state index in [0.717, 1.165) is 47.1 Å². The maximum atomic E-state index is 13.3. The minimum atomic E-state index is -0.863. The van der Waals surface area contributed by atoms with E-state index < -0.39 is 11.9 Å². The van der Waals surface area contributed by atoms with Gasteiger partial charge >= 0.3 is 5.97 Å². The van der Waals surface area contributed by atoms with E-state index in [1.807, 2.05) is 48.2 Å². The Balaban J connectivity index is 1.56. The Bertz CT molecular complexity index is 1350. The molecule has 0 spiro atoms. The number of amides is 1. The van der Waals surface area contributed by atoms with Crippen LogP contribution in [0.2, 0.25) is 0 Å². The molecule has 37 heavy (non-hydrogen) atoms. The zero-order valence-electron chi connectivity index (χ0n) is 21.3. The lowest BCUT2D eigenvalue weighted by molar-refractivity contribution is -0.141. The molecule has 0 radical (unpaired) electrons. The number of rotatable bonds is 2. The average Bonchev–Trinajstić information content (AvgIpc) is 2.90. The van der Waals surface area contributed by atoms with Crippen LogP contribution in [0.15, 0.2) is 66.9 Å². The Kier molecular flexibility index (Phi) is 7.08. The lowest BCUT2D eigenvalue weighted by Gasteiger charge is -2.31. The first-order valence-corrected chi connectivity index (χ1v) is 12.9. The Morgan fingerprint density at radius 1 is 1.08 bits per heavy atom. The largest absolute Gasteiger partial charge is 0.481 e. The van der Waals surface area contributed by atoms with Crippen molar-refractivity contribution in [2.45, 2.75) is 45.6 Å². The molecule has 0 unspecified atom stereocenters. The van der Waals surface area contributed by atoms with Crippen LogP contribution in [0.5, 0.6) is 5.88 Å². The van der Waals surface area contributed by atoms with Crippen LogP contribution in [0.4, 0.5) is 0 Å². The summed E-state index contributed by atoms with van der Waals surface area (Å²) < 4.78 is 5.92. The molecule has 3 aromatic rings. The number of hydrogen-bond acceptors (Lipinski definition) is 4. The molecule has 2 aromatic carbocycles. The number of carbonyl (C=O) groups is 2. The monoisotopic (exact) mass is 496 g/mol. The van der Waals surface area contributed by atoms with Gasteiger partial charge in [0.05, 0.1) is 12.5 Å². The highest BCUT2D eigenvalue weighted by Crippen LogP contribution is 2.36. The van der Waals surface area contributed by atoms with Crippen molar-refractivity contribution in [3.05, 3.63) is 106 Å². The zero-order chi connectivity index (χ0) is 25.9. The van der Waals surface area contributed by atoms with Crippen LogP contribution in [-0.2, 0) is 24.2 Å². The van der Waals surface area contributed by atoms with E-state index in [1.165, 1.54) is 5.56 Å². The molecular formula is C31H32N2O4. The number of aromatic nitrogens is 1. The Labute approximate surface area is 217 Å². The highest BCUT2D eigenvalue weighted by Gasteiger charge is 2.30. The van der Waals surface area contributed by atoms with E-state index in [2.05, 4.69) is 29.3 Å². The van der Waals surface area contributed by atoms with Crippen LogP contribution in [0.1, 0.15) is 63.0 Å². The summed E-state index contributed by atoms with van der Waals surface area (Å²) in [5.41, 5.74) is 6.74. The molecule has 0 aliphatic carbocycles. The van der Waals surface area contributed by atoms with Gasteiger partial charge in [0.15, 0.2) is 0 Å². The molecule has 6 heterocycles. The first-order valence-electron chi connectivity index (χ1n) is 12.9. The third kappa shape index (κ3) is 5.29. The van der Waals surface area contributed by atoms with Gasteiger partial charge in [-0.15, -0.1) is 0 Å². The molecule has 0 fully saturated rings. The molecule has 0 saturated heterocycles. The molecule has 8 rings (SSSR count). The molecule has 1 amide bonds. The second kappa shape index (κ2) is 10.6. The van der Waals surface area contributed by atoms with Gasteiger partial charge in [0.2, 0.25) is 5.88 Å². The summed E-state index contributed by atoms with van der Waals surface area (Å²) in [7, 11) is 0. The van der Waals surface area contributed by atoms with E-state index in [-0.39, 0.29) is 11.8 Å². The van der Waals surface area contributed by atoms with Crippen LogP contribution in [0.3, 0.4) is 0 Å². The fraction of sp³-hybridized carbons (Fsp3) is 0.323. The van der Waals surface area contributed by atoms with Crippen LogP contribution in [0.25, 0.3) is 0 Å². The molecule has 6 heteroatoms. The van der Waals surface area contributed by atoms with Crippen molar-refractivity contribution < 1.29 is 19.4 Å². The second-order valence-electron chi connectivity index (χ2n) is 10.0. The van der Waals surface area contributed by atoms with Gasteiger partial charge in [-0.2, -0.15) is 0 Å². The quantitative estimate of drug-likeness (QED) is 0.486. The van der Waals surface area contributed by atoms with Gasteiger partial charge in [-0.1, -0.05) is 49.4 Å². The van der Waals surface area contributed by atoms with Crippen LogP contribution < -0.4 is 4.74 Å². The SMILES string of the molecule is Cc1cc2cnc1OCC/C=C/Cc1ccc(cc1)C(=O)N1CCc3ccc(cc3C1)[C@@H]2[C@H](C)C(=O)O. The number of carboxylic acid groups (broad SMARTS) is 1. The number of ether oxygens (including phenoxy) is 1. The van der Waals surface area contributed by atoms with Crippen LogP contribution in [0, 0.1) is 12.8 Å². The van der Waals surface area contributed by atoms with Crippen molar-refractivity contribution in [1.29, 1.82) is 0 Å². The summed E-state index contributed by atoms with van der Waals surface area (Å²) in [6, 6.07) is 16.0. The second-order valence-corrected chi connectivity index (χ2v) is 10.0. The van der Waals surface area contributed by atoms with Gasteiger partial charge in [-0.25, -0.2) is 4.98 Å². The molecule has 1 aromatic heterocycles. The van der Waals surface area contributed by atoms with Crippen LogP contribution >= 0.6 is 0 Å². The van der Waals surface area contributed by atoms with Gasteiger partial charge in [-0.05, 0) is 72.2 Å². The third-order valence-corrected chi connectivity index (χ3v) is 7.43. The van der Waals surface area contributed by atoms with E-state index >= 15 is 0 Å². The van der Waals surface area contributed by atoms with Gasteiger partial charge in [0.25, 0.3) is 5.91 Å². The lowest BCUT2D eigenvalue weighted by Crippen LogP contribution is -2.36. The minimum Gasteiger partial charge on any atom is -0.481 e. The number of aryl methyl sites for hydroxylation is 1. The fourth-order valence-corrected chi connectivity index (χ4v) is 5.29. The summed E-state index contributed by atoms with van der Waals surface area (Å²) in [5.74, 6) is -1.30. The van der Waals surface area contributed by atoms with Crippen LogP contribution in [-0.4, -0.2) is 40.0 Å². The Morgan fingerprint density at radius 2 is 1.89 bits per heavy atom. The Morgan fingerprint density at radius 3 is 2.65 bits per heavy atom. The fourth-order valence-electron chi connectivity index (χ4n) is 5.29. The number of allylic oxidation sites excluding steroid dienone is 1. The van der Waals surface area contributed by atoms with E-state index in [1.54, 1.807) is 13.1 Å². The summed E-state index contributed by atoms with van der Waals surface area (Å²) in [5, 5.41) is 9.94. The highest BCUT2D eigenvalue weighted by atomic mass is 16.5. The van der Waals surface area contributed by atoms with Crippen molar-refractivity contribution >= 4 is 11.9 Å². The molecule has 1 N–H and O–H groups in total. The van der Waals surface area contributed by atoms with Crippen molar-refractivity contribution in [3.8, 4) is 5.88 Å². The average molecular weight is 497 g/mol. The number of pyridine rings is 1.